The topological polar surface area (TPSA) is 151 Å². The number of esters is 2. The molecule has 0 saturated heterocycles. The van der Waals surface area contributed by atoms with Gasteiger partial charge in [0.1, 0.15) is 12.1 Å². The van der Waals surface area contributed by atoms with Crippen LogP contribution in [-0.2, 0) is 23.9 Å². The lowest BCUT2D eigenvalue weighted by atomic mass is 9.82. The van der Waals surface area contributed by atoms with Gasteiger partial charge in [-0.25, -0.2) is 4.79 Å². The van der Waals surface area contributed by atoms with E-state index in [4.69, 9.17) is 24.7 Å². The van der Waals surface area contributed by atoms with Crippen molar-refractivity contribution in [3.05, 3.63) is 23.8 Å². The predicted molar refractivity (Wildman–Crippen MR) is 146 cm³/mol. The Kier molecular flexibility index (Phi) is 14.5. The average Bonchev–Trinajstić information content (AvgIpc) is 2.88. The van der Waals surface area contributed by atoms with Crippen LogP contribution in [0.3, 0.4) is 0 Å². The van der Waals surface area contributed by atoms with E-state index in [0.29, 0.717) is 24.8 Å². The Morgan fingerprint density at radius 3 is 1.90 bits per heavy atom. The minimum Gasteiger partial charge on any atom is -0.480 e. The standard InChI is InChI=1S/C29H45NO9/c1-8-11-17(4)27(33)38-22-14-13-21(15-23(22)39-28(34)18(5)12-9-2)24(25(30)26(31)32)19(6)16-36-29(35)37-20(7)10-3/h13-15,17-20,24-25H,8-12,16,30H2,1-7H3,(H,31,32)/t17?,18?,19?,20?,24?,25-/m0/s1. The molecule has 0 amide bonds. The molecule has 0 radical (unpaired) electrons. The maximum atomic E-state index is 12.8. The van der Waals surface area contributed by atoms with Crippen LogP contribution in [0, 0.1) is 17.8 Å². The zero-order valence-electron chi connectivity index (χ0n) is 24.2. The molecule has 1 aromatic rings. The van der Waals surface area contributed by atoms with Gasteiger partial charge in [0, 0.05) is 5.92 Å². The summed E-state index contributed by atoms with van der Waals surface area (Å²) in [5, 5.41) is 9.71. The van der Waals surface area contributed by atoms with Crippen molar-refractivity contribution in [2.45, 2.75) is 98.6 Å². The van der Waals surface area contributed by atoms with Gasteiger partial charge >= 0.3 is 24.1 Å². The average molecular weight is 552 g/mol. The number of ether oxygens (including phenoxy) is 4. The molecule has 0 aliphatic carbocycles. The maximum Gasteiger partial charge on any atom is 0.508 e. The number of carboxylic acid groups (broad SMARTS) is 1. The number of aliphatic carboxylic acids is 1. The van der Waals surface area contributed by atoms with E-state index in [9.17, 15) is 24.3 Å². The number of carbonyl (C=O) groups excluding carboxylic acids is 3. The second kappa shape index (κ2) is 16.7. The second-order valence-electron chi connectivity index (χ2n) is 10.2. The molecule has 39 heavy (non-hydrogen) atoms. The van der Waals surface area contributed by atoms with Gasteiger partial charge in [0.05, 0.1) is 18.4 Å². The van der Waals surface area contributed by atoms with Crippen LogP contribution in [0.2, 0.25) is 0 Å². The van der Waals surface area contributed by atoms with Crippen LogP contribution in [0.1, 0.15) is 92.1 Å². The maximum absolute atomic E-state index is 12.8. The third-order valence-corrected chi connectivity index (χ3v) is 6.64. The Morgan fingerprint density at radius 1 is 0.872 bits per heavy atom. The Morgan fingerprint density at radius 2 is 1.41 bits per heavy atom. The number of carboxylic acids is 1. The van der Waals surface area contributed by atoms with Gasteiger partial charge < -0.3 is 29.8 Å². The van der Waals surface area contributed by atoms with E-state index in [1.807, 2.05) is 20.8 Å². The lowest BCUT2D eigenvalue weighted by molar-refractivity contribution is -0.141. The molecule has 1 rings (SSSR count). The number of benzene rings is 1. The highest BCUT2D eigenvalue weighted by Gasteiger charge is 2.33. The van der Waals surface area contributed by atoms with Crippen molar-refractivity contribution in [1.82, 2.24) is 0 Å². The zero-order chi connectivity index (χ0) is 29.7. The van der Waals surface area contributed by atoms with Gasteiger partial charge in [-0.1, -0.05) is 60.5 Å². The number of nitrogens with two attached hydrogens (primary N) is 1. The molecule has 0 fully saturated rings. The molecule has 0 saturated carbocycles. The summed E-state index contributed by atoms with van der Waals surface area (Å²) < 4.78 is 21.6. The molecular weight excluding hydrogens is 506 g/mol. The van der Waals surface area contributed by atoms with E-state index in [-0.39, 0.29) is 30.1 Å². The van der Waals surface area contributed by atoms with Gasteiger partial charge in [-0.05, 0) is 49.8 Å². The van der Waals surface area contributed by atoms with E-state index >= 15 is 0 Å². The van der Waals surface area contributed by atoms with Crippen LogP contribution >= 0.6 is 0 Å². The summed E-state index contributed by atoms with van der Waals surface area (Å²) in [6, 6.07) is 3.13. The van der Waals surface area contributed by atoms with Crippen molar-refractivity contribution in [1.29, 1.82) is 0 Å². The predicted octanol–water partition coefficient (Wildman–Crippen LogP) is 5.45. The first kappa shape index (κ1) is 33.9. The lowest BCUT2D eigenvalue weighted by Crippen LogP contribution is -2.40. The lowest BCUT2D eigenvalue weighted by Gasteiger charge is -2.28. The first-order valence-electron chi connectivity index (χ1n) is 13.7. The summed E-state index contributed by atoms with van der Waals surface area (Å²) >= 11 is 0. The summed E-state index contributed by atoms with van der Waals surface area (Å²) in [7, 11) is 0. The Hall–Kier alpha value is -3.14. The highest BCUT2D eigenvalue weighted by Crippen LogP contribution is 2.36. The van der Waals surface area contributed by atoms with Gasteiger partial charge in [0.2, 0.25) is 0 Å². The van der Waals surface area contributed by atoms with E-state index in [1.165, 1.54) is 12.1 Å². The van der Waals surface area contributed by atoms with Crippen molar-refractivity contribution < 1.29 is 43.2 Å². The molecule has 0 spiro atoms. The molecule has 0 heterocycles. The summed E-state index contributed by atoms with van der Waals surface area (Å²) in [6.45, 7) is 12.5. The van der Waals surface area contributed by atoms with E-state index in [0.717, 1.165) is 12.8 Å². The van der Waals surface area contributed by atoms with Crippen molar-refractivity contribution >= 4 is 24.1 Å². The van der Waals surface area contributed by atoms with Crippen LogP contribution < -0.4 is 15.2 Å². The largest absolute Gasteiger partial charge is 0.508 e. The second-order valence-corrected chi connectivity index (χ2v) is 10.2. The van der Waals surface area contributed by atoms with Crippen LogP contribution in [0.5, 0.6) is 11.5 Å². The molecule has 1 aromatic carbocycles. The first-order chi connectivity index (χ1) is 18.4. The normalized spacial score (nSPS) is 15.7. The van der Waals surface area contributed by atoms with Gasteiger partial charge in [0.15, 0.2) is 11.5 Å². The molecule has 5 unspecified atom stereocenters. The molecule has 0 bridgehead atoms. The molecule has 10 nitrogen and oxygen atoms in total. The minimum absolute atomic E-state index is 0.00983. The Balaban J connectivity index is 3.38. The van der Waals surface area contributed by atoms with E-state index in [1.54, 1.807) is 33.8 Å². The first-order valence-corrected chi connectivity index (χ1v) is 13.7. The highest BCUT2D eigenvalue weighted by atomic mass is 16.7. The molecule has 220 valence electrons. The molecule has 3 N–H and O–H groups in total. The van der Waals surface area contributed by atoms with Gasteiger partial charge in [-0.3, -0.25) is 14.4 Å². The number of hydrogen-bond acceptors (Lipinski definition) is 9. The molecule has 0 aliphatic heterocycles. The minimum atomic E-state index is -1.37. The third-order valence-electron chi connectivity index (χ3n) is 6.64. The Bertz CT molecular complexity index is 964. The molecule has 0 aliphatic rings. The van der Waals surface area contributed by atoms with Gasteiger partial charge in [0.25, 0.3) is 0 Å². The summed E-state index contributed by atoms with van der Waals surface area (Å²) in [5.41, 5.74) is 6.49. The Labute approximate surface area is 231 Å². The van der Waals surface area contributed by atoms with Crippen molar-refractivity contribution in [2.24, 2.45) is 23.5 Å². The van der Waals surface area contributed by atoms with Crippen LogP contribution in [0.15, 0.2) is 18.2 Å². The van der Waals surface area contributed by atoms with Gasteiger partial charge in [-0.15, -0.1) is 0 Å². The fraction of sp³-hybridized carbons (Fsp3) is 0.655. The van der Waals surface area contributed by atoms with Crippen molar-refractivity contribution in [3.8, 4) is 11.5 Å². The fourth-order valence-corrected chi connectivity index (χ4v) is 4.04. The monoisotopic (exact) mass is 551 g/mol. The molecule has 0 aromatic heterocycles. The number of hydrogen-bond donors (Lipinski definition) is 2. The smallest absolute Gasteiger partial charge is 0.480 e. The van der Waals surface area contributed by atoms with Crippen LogP contribution in [0.4, 0.5) is 4.79 Å². The van der Waals surface area contributed by atoms with Crippen molar-refractivity contribution in [3.63, 3.8) is 0 Å². The number of rotatable bonds is 16. The fourth-order valence-electron chi connectivity index (χ4n) is 4.04. The quantitative estimate of drug-likeness (QED) is 0.200. The highest BCUT2D eigenvalue weighted by molar-refractivity contribution is 5.79. The summed E-state index contributed by atoms with van der Waals surface area (Å²) in [6.07, 6.45) is 2.24. The SMILES string of the molecule is CCCC(C)C(=O)Oc1ccc(C(C(C)COC(=O)OC(C)CC)[C@H](N)C(=O)O)cc1OC(=O)C(C)CCC. The zero-order valence-corrected chi connectivity index (χ0v) is 24.2. The van der Waals surface area contributed by atoms with E-state index < -0.39 is 47.9 Å². The summed E-state index contributed by atoms with van der Waals surface area (Å²) in [4.78, 5) is 49.3. The summed E-state index contributed by atoms with van der Waals surface area (Å²) in [5.74, 6) is -4.35. The van der Waals surface area contributed by atoms with Crippen LogP contribution in [-0.4, -0.2) is 47.9 Å². The molecule has 10 heteroatoms. The number of carbonyl (C=O) groups is 4. The van der Waals surface area contributed by atoms with E-state index in [2.05, 4.69) is 0 Å². The molecular formula is C29H45NO9. The van der Waals surface area contributed by atoms with Crippen molar-refractivity contribution in [2.75, 3.05) is 6.61 Å². The van der Waals surface area contributed by atoms with Gasteiger partial charge in [-0.2, -0.15) is 0 Å². The molecule has 6 atom stereocenters. The third kappa shape index (κ3) is 10.9. The van der Waals surface area contributed by atoms with Crippen LogP contribution in [0.25, 0.3) is 0 Å².